The van der Waals surface area contributed by atoms with Gasteiger partial charge in [-0.15, -0.1) is 0 Å². The Balaban J connectivity index is 0.000000231. The molecule has 0 bridgehead atoms. The van der Waals surface area contributed by atoms with Gasteiger partial charge in [-0.05, 0) is 211 Å². The number of hydrogen-bond donors (Lipinski definition) is 5. The van der Waals surface area contributed by atoms with Crippen molar-refractivity contribution in [2.75, 3.05) is 47.3 Å². The van der Waals surface area contributed by atoms with Crippen LogP contribution >= 0.6 is 0 Å². The smallest absolute Gasteiger partial charge is 0.410 e. The summed E-state index contributed by atoms with van der Waals surface area (Å²) < 4.78 is 39.9. The number of aromatic amines is 2. The number of carbonyl (C=O) groups excluding carboxylic acids is 10. The molecule has 4 aliphatic carbocycles. The molecule has 8 aliphatic rings. The summed E-state index contributed by atoms with van der Waals surface area (Å²) in [4.78, 5) is 158. The molecule has 628 valence electrons. The summed E-state index contributed by atoms with van der Waals surface area (Å²) in [6, 6.07) is 4.44. The van der Waals surface area contributed by atoms with Gasteiger partial charge in [0.15, 0.2) is 5.78 Å². The Morgan fingerprint density at radius 1 is 0.491 bits per heavy atom. The quantitative estimate of drug-likeness (QED) is 0.0437. The SMILES string of the molecule is CC[C@@H](C)C(=O)N[C@H](C(=O)N1CC[C@@H]2[C@H]1[C@@H](c1c[nH]c3cc(F)ccc13)CN2C(=O)[C@@H](CC(=O)[C@H](C)NC)C1CCCCC1)C1CCCCC1.C[C@@H](C(=O)C[C@H](C(=O)N1C[C@H](c2c[nH]c3cc(F)ccc23)[C@@H]2[C@H]1CCN2C(=O)[C@@H](NC(=O)[C@H](C)N(C)C(=O)OC(C)(C)C)C1CCCCC1)C1CCCCC1)N(C)C(=O)OC(C)(C)C. The first-order valence-electron chi connectivity index (χ1n) is 43.2. The van der Waals surface area contributed by atoms with Crippen LogP contribution in [0.3, 0.4) is 0 Å². The van der Waals surface area contributed by atoms with Crippen molar-refractivity contribution in [3.63, 3.8) is 0 Å². The van der Waals surface area contributed by atoms with Crippen LogP contribution < -0.4 is 16.0 Å². The van der Waals surface area contributed by atoms with Gasteiger partial charge >= 0.3 is 12.2 Å². The monoisotopic (exact) mass is 1580 g/mol. The van der Waals surface area contributed by atoms with E-state index in [1.807, 2.05) is 52.8 Å². The van der Waals surface area contributed by atoms with Crippen molar-refractivity contribution in [1.29, 1.82) is 0 Å². The van der Waals surface area contributed by atoms with Gasteiger partial charge in [0.2, 0.25) is 35.4 Å². The number of fused-ring (bicyclic) bond motifs is 4. The third kappa shape index (κ3) is 19.8. The minimum Gasteiger partial charge on any atom is -0.444 e. The van der Waals surface area contributed by atoms with Crippen LogP contribution in [0.1, 0.15) is 260 Å². The Kier molecular flexibility index (Phi) is 28.6. The fourth-order valence-electron chi connectivity index (χ4n) is 20.1. The number of benzene rings is 2. The maximum absolute atomic E-state index is 15.4. The highest BCUT2D eigenvalue weighted by molar-refractivity contribution is 5.95. The van der Waals surface area contributed by atoms with E-state index in [4.69, 9.17) is 9.47 Å². The minimum atomic E-state index is -0.926. The van der Waals surface area contributed by atoms with E-state index < -0.39 is 71.3 Å². The number of hydrogen-bond acceptors (Lipinski definition) is 13. The van der Waals surface area contributed by atoms with Gasteiger partial charge in [0.05, 0.1) is 36.3 Å². The molecule has 12 rings (SSSR count). The van der Waals surface area contributed by atoms with Crippen LogP contribution in [0.25, 0.3) is 21.8 Å². The van der Waals surface area contributed by atoms with Crippen LogP contribution in [-0.4, -0.2) is 211 Å². The van der Waals surface area contributed by atoms with Crippen LogP contribution in [0, 0.1) is 53.1 Å². The van der Waals surface area contributed by atoms with Gasteiger partial charge in [-0.2, -0.15) is 0 Å². The standard InChI is InChI=1S/C49H73FN6O8.C40H58FN5O4/c1-29(53(9)46(61)63-48(3,4)5)40(57)26-35(31-17-13-11-14-18-31)44(59)56-28-37(36-27-51-38-25-33(50)21-22-34(36)38)42-39(56)23-24-55(42)45(60)41(32-19-15-12-16-20-32)52-43(58)30(2)54(10)47(62)64-49(6,7)8;1-5-24(2)38(48)44-36(27-14-10-7-11-15-27)40(50)45-19-18-34-37(45)32(31-22-43-33-20-28(41)16-17-29(31)33)23-46(34)39(49)30(21-35(47)25(3)42-4)26-12-8-6-9-13-26/h21-22,25,27,29-32,35,37,39,41-42,51H,11-20,23-24,26,28H2,1-10H3,(H,52,58);16-17,20,22,24-27,30,32,34,36-37,42-43H,5-15,18-19,21,23H2,1-4H3,(H,44,48)/t29-,30-,35-,37+,39+,41-,42+;24-,25+,30+,32-,34-,36+,37-/m01/s1. The van der Waals surface area contributed by atoms with Crippen molar-refractivity contribution in [1.82, 2.24) is 55.3 Å². The molecule has 23 nitrogen and oxygen atoms in total. The first-order chi connectivity index (χ1) is 54.2. The van der Waals surface area contributed by atoms with Crippen LogP contribution in [0.5, 0.6) is 0 Å². The summed E-state index contributed by atoms with van der Waals surface area (Å²) >= 11 is 0. The number of amides is 8. The lowest BCUT2D eigenvalue weighted by Crippen LogP contribution is -2.58. The predicted molar refractivity (Wildman–Crippen MR) is 435 cm³/mol. The minimum absolute atomic E-state index is 0.0244. The second-order valence-electron chi connectivity index (χ2n) is 36.8. The number of nitrogens with zero attached hydrogens (tertiary/aromatic N) is 6. The lowest BCUT2D eigenvalue weighted by molar-refractivity contribution is -0.142. The third-order valence-electron chi connectivity index (χ3n) is 27.2. The number of halogens is 2. The first kappa shape index (κ1) is 86.9. The molecule has 2 aromatic heterocycles. The zero-order valence-electron chi connectivity index (χ0n) is 70.4. The maximum Gasteiger partial charge on any atom is 0.410 e. The molecule has 0 radical (unpaired) electrons. The molecule has 25 heteroatoms. The topological polar surface area (TPSA) is 276 Å². The summed E-state index contributed by atoms with van der Waals surface area (Å²) in [6.07, 6.45) is 23.8. The molecule has 8 amide bonds. The average molecular weight is 1590 g/mol. The van der Waals surface area contributed by atoms with Crippen LogP contribution in [0.15, 0.2) is 48.8 Å². The molecular formula is C89H131F2N11O12. The third-order valence-corrected chi connectivity index (χ3v) is 27.2. The number of Topliss-reactive ketones (excluding diaryl/α,β-unsaturated/α-hetero) is 2. The van der Waals surface area contributed by atoms with Crippen molar-refractivity contribution in [3.05, 3.63) is 71.6 Å². The van der Waals surface area contributed by atoms with Crippen LogP contribution in [0.4, 0.5) is 18.4 Å². The molecule has 5 N–H and O–H groups in total. The Hall–Kier alpha value is -7.96. The second-order valence-corrected chi connectivity index (χ2v) is 36.8. The van der Waals surface area contributed by atoms with E-state index in [1.54, 1.807) is 81.6 Å². The summed E-state index contributed by atoms with van der Waals surface area (Å²) in [5, 5.41) is 11.1. The van der Waals surface area contributed by atoms with Crippen LogP contribution in [0.2, 0.25) is 0 Å². The predicted octanol–water partition coefficient (Wildman–Crippen LogP) is 14.0. The zero-order chi connectivity index (χ0) is 82.4. The lowest BCUT2D eigenvalue weighted by atomic mass is 9.76. The van der Waals surface area contributed by atoms with Gasteiger partial charge in [0, 0.05) is 117 Å². The number of likely N-dealkylation sites (N-methyl/N-ethyl adjacent to an activating group) is 3. The van der Waals surface area contributed by atoms with Gasteiger partial charge < -0.3 is 59.9 Å². The molecule has 4 aliphatic heterocycles. The van der Waals surface area contributed by atoms with Crippen molar-refractivity contribution >= 4 is 81.0 Å². The normalized spacial score (nSPS) is 24.1. The van der Waals surface area contributed by atoms with E-state index in [0.717, 1.165) is 150 Å². The van der Waals surface area contributed by atoms with Gasteiger partial charge in [-0.3, -0.25) is 43.3 Å². The highest BCUT2D eigenvalue weighted by atomic mass is 19.1. The Labute approximate surface area is 673 Å². The Morgan fingerprint density at radius 2 is 0.860 bits per heavy atom. The van der Waals surface area contributed by atoms with E-state index in [2.05, 4.69) is 25.9 Å². The number of rotatable bonds is 24. The molecule has 0 spiro atoms. The summed E-state index contributed by atoms with van der Waals surface area (Å²) in [5.41, 5.74) is 1.62. The second kappa shape index (κ2) is 37.5. The highest BCUT2D eigenvalue weighted by Gasteiger charge is 2.58. The lowest BCUT2D eigenvalue weighted by Gasteiger charge is -2.37. The number of carbonyl (C=O) groups is 10. The summed E-state index contributed by atoms with van der Waals surface area (Å²) in [5.74, 6) is -3.48. The molecular weight excluding hydrogens is 1450 g/mol. The molecule has 14 atom stereocenters. The number of H-pyrrole nitrogens is 2. The number of aromatic nitrogens is 2. The summed E-state index contributed by atoms with van der Waals surface area (Å²) in [7, 11) is 4.83. The molecule has 8 fully saturated rings. The van der Waals surface area contributed by atoms with Gasteiger partial charge in [-0.25, -0.2) is 18.4 Å². The Morgan fingerprint density at radius 3 is 1.24 bits per heavy atom. The molecule has 2 aromatic carbocycles. The van der Waals surface area contributed by atoms with E-state index in [1.165, 1.54) is 41.1 Å². The number of ether oxygens (including phenoxy) is 2. The van der Waals surface area contributed by atoms with Crippen molar-refractivity contribution < 1.29 is 66.2 Å². The van der Waals surface area contributed by atoms with E-state index >= 15 is 9.59 Å². The van der Waals surface area contributed by atoms with Crippen molar-refractivity contribution in [2.24, 2.45) is 41.4 Å². The zero-order valence-corrected chi connectivity index (χ0v) is 70.4. The molecule has 4 saturated heterocycles. The number of ketones is 2. The molecule has 6 heterocycles. The largest absolute Gasteiger partial charge is 0.444 e. The molecule has 0 unspecified atom stereocenters. The maximum atomic E-state index is 15.4. The fourth-order valence-corrected chi connectivity index (χ4v) is 20.1. The van der Waals surface area contributed by atoms with E-state index in [-0.39, 0.29) is 138 Å². The molecule has 4 aromatic rings. The van der Waals surface area contributed by atoms with Gasteiger partial charge in [0.25, 0.3) is 0 Å². The average Bonchev–Trinajstić information content (AvgIpc) is 1.58. The van der Waals surface area contributed by atoms with Gasteiger partial charge in [0.1, 0.15) is 46.7 Å². The fraction of sp³-hybridized carbons (Fsp3) is 0.708. The van der Waals surface area contributed by atoms with Crippen LogP contribution in [-0.2, 0) is 47.8 Å². The Bertz CT molecular complexity index is 3930. The number of nitrogens with one attached hydrogen (secondary N) is 5. The summed E-state index contributed by atoms with van der Waals surface area (Å²) in [6.45, 7) is 21.2. The van der Waals surface area contributed by atoms with Crippen molar-refractivity contribution in [3.8, 4) is 0 Å². The molecule has 4 saturated carbocycles. The van der Waals surface area contributed by atoms with E-state index in [9.17, 15) is 47.1 Å². The van der Waals surface area contributed by atoms with Gasteiger partial charge in [-0.1, -0.05) is 90.9 Å². The van der Waals surface area contributed by atoms with E-state index in [0.29, 0.717) is 49.9 Å². The number of likely N-dealkylation sites (tertiary alicyclic amines) is 4. The first-order valence-corrected chi connectivity index (χ1v) is 43.2. The van der Waals surface area contributed by atoms with Crippen molar-refractivity contribution in [2.45, 2.75) is 314 Å². The molecule has 114 heavy (non-hydrogen) atoms. The highest BCUT2D eigenvalue weighted by Crippen LogP contribution is 2.49.